The Morgan fingerprint density at radius 1 is 0.889 bits per heavy atom. The molecule has 0 spiro atoms. The van der Waals surface area contributed by atoms with Crippen molar-refractivity contribution in [3.05, 3.63) is 77.1 Å². The molecule has 3 heterocycles. The van der Waals surface area contributed by atoms with Gasteiger partial charge in [-0.3, -0.25) is 14.6 Å². The summed E-state index contributed by atoms with van der Waals surface area (Å²) >= 11 is 0. The summed E-state index contributed by atoms with van der Waals surface area (Å²) in [6, 6.07) is 8.44. The van der Waals surface area contributed by atoms with Gasteiger partial charge in [0.1, 0.15) is 5.82 Å². The van der Waals surface area contributed by atoms with E-state index < -0.39 is 40.4 Å². The monoisotopic (exact) mass is 630 g/mol. The highest BCUT2D eigenvalue weighted by Crippen LogP contribution is 2.36. The molecule has 0 saturated carbocycles. The number of alkyl halides is 6. The van der Waals surface area contributed by atoms with Gasteiger partial charge >= 0.3 is 12.4 Å². The van der Waals surface area contributed by atoms with Crippen molar-refractivity contribution in [3.8, 4) is 11.4 Å². The van der Waals surface area contributed by atoms with E-state index in [4.69, 9.17) is 0 Å². The minimum Gasteiger partial charge on any atom is -0.356 e. The lowest BCUT2D eigenvalue weighted by atomic mass is 9.95. The van der Waals surface area contributed by atoms with Crippen molar-refractivity contribution >= 4 is 34.2 Å². The largest absolute Gasteiger partial charge is 0.417 e. The molecule has 0 atom stereocenters. The van der Waals surface area contributed by atoms with Gasteiger partial charge in [-0.05, 0) is 48.4 Å². The Hall–Kier alpha value is -4.75. The van der Waals surface area contributed by atoms with Crippen molar-refractivity contribution in [3.63, 3.8) is 0 Å². The molecule has 2 aromatic heterocycles. The summed E-state index contributed by atoms with van der Waals surface area (Å²) in [7, 11) is 0. The van der Waals surface area contributed by atoms with Crippen molar-refractivity contribution in [2.24, 2.45) is 5.41 Å². The van der Waals surface area contributed by atoms with Gasteiger partial charge in [0.25, 0.3) is 5.91 Å². The lowest BCUT2D eigenvalue weighted by molar-refractivity contribution is -0.138. The molecule has 8 nitrogen and oxygen atoms in total. The maximum atomic E-state index is 13.9. The number of carbonyl (C=O) groups excluding carboxylic acids is 2. The highest BCUT2D eigenvalue weighted by Gasteiger charge is 2.36. The summed E-state index contributed by atoms with van der Waals surface area (Å²) in [5.41, 5.74) is -2.84. The van der Waals surface area contributed by atoms with Crippen LogP contribution < -0.4 is 15.5 Å². The fourth-order valence-electron chi connectivity index (χ4n) is 4.59. The summed E-state index contributed by atoms with van der Waals surface area (Å²) in [4.78, 5) is 40.1. The van der Waals surface area contributed by atoms with Crippen LogP contribution in [-0.4, -0.2) is 39.9 Å². The molecule has 0 unspecified atom stereocenters. The fraction of sp³-hybridized carbons (Fsp3) is 0.323. The number of benzene rings is 2. The van der Waals surface area contributed by atoms with Crippen molar-refractivity contribution in [2.45, 2.75) is 46.1 Å². The molecule has 1 saturated heterocycles. The Labute approximate surface area is 253 Å². The number of nitrogens with one attached hydrogen (secondary N) is 2. The Kier molecular flexibility index (Phi) is 8.19. The average Bonchev–Trinajstić information content (AvgIpc) is 2.93. The molecule has 2 amide bonds. The van der Waals surface area contributed by atoms with Gasteiger partial charge in [-0.1, -0.05) is 26.8 Å². The van der Waals surface area contributed by atoms with Gasteiger partial charge in [-0.25, -0.2) is 9.97 Å². The van der Waals surface area contributed by atoms with E-state index in [0.717, 1.165) is 24.6 Å². The van der Waals surface area contributed by atoms with Crippen molar-refractivity contribution in [1.82, 2.24) is 20.3 Å². The summed E-state index contributed by atoms with van der Waals surface area (Å²) < 4.78 is 81.7. The smallest absolute Gasteiger partial charge is 0.356 e. The summed E-state index contributed by atoms with van der Waals surface area (Å²) in [5.74, 6) is -0.925. The Bertz CT molecular complexity index is 1780. The zero-order chi connectivity index (χ0) is 32.7. The quantitative estimate of drug-likeness (QED) is 0.226. The molecule has 1 aliphatic rings. The molecule has 4 aromatic rings. The van der Waals surface area contributed by atoms with Gasteiger partial charge in [-0.15, -0.1) is 0 Å². The number of halogens is 6. The molecule has 5 rings (SSSR count). The van der Waals surface area contributed by atoms with Crippen LogP contribution in [0.5, 0.6) is 0 Å². The molecular formula is C31H28F6N6O2. The second-order valence-electron chi connectivity index (χ2n) is 11.7. The topological polar surface area (TPSA) is 100 Å². The molecule has 2 N–H and O–H groups in total. The van der Waals surface area contributed by atoms with E-state index in [-0.39, 0.29) is 40.6 Å². The Morgan fingerprint density at radius 2 is 1.62 bits per heavy atom. The summed E-state index contributed by atoms with van der Waals surface area (Å²) in [6.45, 7) is 6.31. The summed E-state index contributed by atoms with van der Waals surface area (Å²) in [6.07, 6.45) is -6.69. The number of nitrogens with zero attached hydrogens (tertiary/aromatic N) is 4. The normalized spacial score (nSPS) is 13.8. The molecule has 0 aliphatic carbocycles. The van der Waals surface area contributed by atoms with E-state index in [2.05, 4.69) is 25.6 Å². The number of pyridine rings is 1. The van der Waals surface area contributed by atoms with Crippen LogP contribution in [0.2, 0.25) is 0 Å². The van der Waals surface area contributed by atoms with E-state index in [1.165, 1.54) is 24.4 Å². The summed E-state index contributed by atoms with van der Waals surface area (Å²) in [5, 5.41) is 5.68. The number of aromatic nitrogens is 3. The maximum absolute atomic E-state index is 13.9. The van der Waals surface area contributed by atoms with Crippen LogP contribution in [0, 0.1) is 5.41 Å². The predicted molar refractivity (Wildman–Crippen MR) is 155 cm³/mol. The van der Waals surface area contributed by atoms with Gasteiger partial charge in [0.15, 0.2) is 5.82 Å². The molecule has 236 valence electrons. The standard InChI is InChI=1S/C31H28F6N6O2/c1-29(2,3)28(45)39-14-17-5-8-23(31(35,36)37)22(11-17)27(44)40-20-6-7-21-24(13-20)41-25(42-26(21)43-9-4-10-43)18-12-19(16-38-15-18)30(32,33)34/h5-8,11-13,15-16H,4,9-10,14H2,1-3H3,(H,39,45)(H,40,44). The highest BCUT2D eigenvalue weighted by atomic mass is 19.4. The first-order valence-electron chi connectivity index (χ1n) is 13.9. The first-order valence-corrected chi connectivity index (χ1v) is 13.9. The van der Waals surface area contributed by atoms with E-state index >= 15 is 0 Å². The van der Waals surface area contributed by atoms with Crippen LogP contribution in [-0.2, 0) is 23.7 Å². The van der Waals surface area contributed by atoms with Gasteiger partial charge in [0, 0.05) is 54.1 Å². The molecule has 14 heteroatoms. The number of carbonyl (C=O) groups is 2. The van der Waals surface area contributed by atoms with Gasteiger partial charge in [0.05, 0.1) is 22.2 Å². The van der Waals surface area contributed by atoms with Crippen LogP contribution in [0.3, 0.4) is 0 Å². The van der Waals surface area contributed by atoms with E-state index in [1.807, 2.05) is 4.90 Å². The van der Waals surface area contributed by atoms with Gasteiger partial charge in [-0.2, -0.15) is 26.3 Å². The van der Waals surface area contributed by atoms with Crippen LogP contribution in [0.15, 0.2) is 54.9 Å². The highest BCUT2D eigenvalue weighted by molar-refractivity contribution is 6.06. The maximum Gasteiger partial charge on any atom is 0.417 e. The zero-order valence-electron chi connectivity index (χ0n) is 24.4. The predicted octanol–water partition coefficient (Wildman–Crippen LogP) is 6.85. The molecule has 2 aromatic carbocycles. The number of anilines is 2. The van der Waals surface area contributed by atoms with E-state index in [0.29, 0.717) is 30.5 Å². The molecule has 45 heavy (non-hydrogen) atoms. The lowest BCUT2D eigenvalue weighted by Crippen LogP contribution is -2.37. The average molecular weight is 631 g/mol. The number of hydrogen-bond acceptors (Lipinski definition) is 6. The minimum absolute atomic E-state index is 0.0214. The van der Waals surface area contributed by atoms with Crippen molar-refractivity contribution < 1.29 is 35.9 Å². The number of hydrogen-bond donors (Lipinski definition) is 2. The number of rotatable bonds is 6. The second kappa shape index (κ2) is 11.6. The van der Waals surface area contributed by atoms with Crippen LogP contribution in [0.1, 0.15) is 54.2 Å². The van der Waals surface area contributed by atoms with Crippen LogP contribution >= 0.6 is 0 Å². The molecule has 1 fully saturated rings. The fourth-order valence-corrected chi connectivity index (χ4v) is 4.59. The number of fused-ring (bicyclic) bond motifs is 1. The van der Waals surface area contributed by atoms with E-state index in [1.54, 1.807) is 26.8 Å². The van der Waals surface area contributed by atoms with Gasteiger partial charge < -0.3 is 15.5 Å². The van der Waals surface area contributed by atoms with Crippen LogP contribution in [0.25, 0.3) is 22.3 Å². The van der Waals surface area contributed by atoms with Crippen molar-refractivity contribution in [1.29, 1.82) is 0 Å². The molecule has 1 aliphatic heterocycles. The third kappa shape index (κ3) is 6.99. The lowest BCUT2D eigenvalue weighted by Gasteiger charge is -2.33. The first-order chi connectivity index (χ1) is 21.0. The molecule has 0 bridgehead atoms. The Balaban J connectivity index is 1.50. The van der Waals surface area contributed by atoms with Crippen molar-refractivity contribution in [2.75, 3.05) is 23.3 Å². The SMILES string of the molecule is CC(C)(C)C(=O)NCc1ccc(C(F)(F)F)c(C(=O)Nc2ccc3c(N4CCC4)nc(-c4cncc(C(F)(F)F)c4)nc3c2)c1. The first kappa shape index (κ1) is 31.7. The Morgan fingerprint density at radius 3 is 2.24 bits per heavy atom. The third-order valence-electron chi connectivity index (χ3n) is 7.18. The molecular weight excluding hydrogens is 602 g/mol. The molecule has 0 radical (unpaired) electrons. The van der Waals surface area contributed by atoms with Crippen LogP contribution in [0.4, 0.5) is 37.8 Å². The zero-order valence-corrected chi connectivity index (χ0v) is 24.4. The number of amides is 2. The minimum atomic E-state index is -4.84. The second-order valence-corrected chi connectivity index (χ2v) is 11.7. The van der Waals surface area contributed by atoms with E-state index in [9.17, 15) is 35.9 Å². The van der Waals surface area contributed by atoms with Gasteiger partial charge in [0.2, 0.25) is 5.91 Å². The third-order valence-corrected chi connectivity index (χ3v) is 7.18.